The summed E-state index contributed by atoms with van der Waals surface area (Å²) in [6.45, 7) is 2.72. The summed E-state index contributed by atoms with van der Waals surface area (Å²) in [5.74, 6) is 0. The van der Waals surface area contributed by atoms with Gasteiger partial charge in [-0.15, -0.1) is 0 Å². The molecule has 1 fully saturated rings. The number of nitrogens with one attached hydrogen (secondary N) is 2. The molecular weight excluding hydrogens is 350 g/mol. The van der Waals surface area contributed by atoms with E-state index in [0.29, 0.717) is 6.54 Å². The molecule has 6 heteroatoms. The van der Waals surface area contributed by atoms with Gasteiger partial charge in [-0.3, -0.25) is 4.90 Å². The van der Waals surface area contributed by atoms with Crippen LogP contribution in [0.25, 0.3) is 5.69 Å². The molecule has 0 radical (unpaired) electrons. The van der Waals surface area contributed by atoms with Crippen LogP contribution >= 0.6 is 0 Å². The maximum absolute atomic E-state index is 12.6. The lowest BCUT2D eigenvalue weighted by Crippen LogP contribution is -2.38. The zero-order valence-electron chi connectivity index (χ0n) is 15.8. The third-order valence-corrected chi connectivity index (χ3v) is 5.13. The molecule has 6 nitrogen and oxygen atoms in total. The van der Waals surface area contributed by atoms with Crippen molar-refractivity contribution in [2.24, 2.45) is 0 Å². The van der Waals surface area contributed by atoms with Crippen molar-refractivity contribution in [3.63, 3.8) is 0 Å². The molecule has 144 valence electrons. The first kappa shape index (κ1) is 18.3. The first-order valence-electron chi connectivity index (χ1n) is 9.74. The topological polar surface area (TPSA) is 62.2 Å². The number of anilines is 1. The quantitative estimate of drug-likeness (QED) is 0.688. The zero-order chi connectivity index (χ0) is 19.2. The average molecular weight is 375 g/mol. The van der Waals surface area contributed by atoms with Crippen LogP contribution in [0.2, 0.25) is 0 Å². The average Bonchev–Trinajstić information content (AvgIpc) is 3.44. The van der Waals surface area contributed by atoms with Gasteiger partial charge in [0.1, 0.15) is 0 Å². The summed E-state index contributed by atoms with van der Waals surface area (Å²) in [6, 6.07) is 19.9. The van der Waals surface area contributed by atoms with E-state index in [4.69, 9.17) is 0 Å². The number of hydrogen-bond acceptors (Lipinski definition) is 3. The Labute approximate surface area is 165 Å². The molecule has 0 aliphatic carbocycles. The van der Waals surface area contributed by atoms with E-state index in [0.717, 1.165) is 24.5 Å². The lowest BCUT2D eigenvalue weighted by molar-refractivity contribution is 0.227. The third-order valence-electron chi connectivity index (χ3n) is 5.13. The fourth-order valence-electron chi connectivity index (χ4n) is 3.73. The van der Waals surface area contributed by atoms with Gasteiger partial charge in [0, 0.05) is 18.9 Å². The van der Waals surface area contributed by atoms with E-state index in [2.05, 4.69) is 44.9 Å². The van der Waals surface area contributed by atoms with Crippen LogP contribution in [0.15, 0.2) is 73.1 Å². The highest BCUT2D eigenvalue weighted by atomic mass is 16.2. The van der Waals surface area contributed by atoms with Crippen molar-refractivity contribution in [3.05, 3.63) is 78.6 Å². The van der Waals surface area contributed by atoms with Crippen molar-refractivity contribution in [2.45, 2.75) is 18.9 Å². The molecule has 1 aliphatic rings. The molecule has 1 aliphatic heterocycles. The second-order valence-electron chi connectivity index (χ2n) is 6.97. The van der Waals surface area contributed by atoms with Crippen molar-refractivity contribution >= 4 is 11.7 Å². The Bertz CT molecular complexity index is 888. The number of carbonyl (C=O) groups is 1. The minimum absolute atomic E-state index is 0.191. The fourth-order valence-corrected chi connectivity index (χ4v) is 3.73. The van der Waals surface area contributed by atoms with E-state index in [9.17, 15) is 4.79 Å². The van der Waals surface area contributed by atoms with E-state index >= 15 is 0 Å². The van der Waals surface area contributed by atoms with Crippen molar-refractivity contribution in [1.29, 1.82) is 0 Å². The summed E-state index contributed by atoms with van der Waals surface area (Å²) < 4.78 is 1.74. The minimum Gasteiger partial charge on any atom is -0.336 e. The van der Waals surface area contributed by atoms with Gasteiger partial charge in [0.25, 0.3) is 0 Å². The first-order valence-corrected chi connectivity index (χ1v) is 9.74. The van der Waals surface area contributed by atoms with Gasteiger partial charge in [0.05, 0.1) is 17.4 Å². The van der Waals surface area contributed by atoms with Crippen molar-refractivity contribution in [1.82, 2.24) is 20.0 Å². The molecule has 2 aromatic carbocycles. The van der Waals surface area contributed by atoms with Gasteiger partial charge in [-0.05, 0) is 49.7 Å². The number of amides is 2. The van der Waals surface area contributed by atoms with Gasteiger partial charge < -0.3 is 10.6 Å². The molecule has 2 N–H and O–H groups in total. The van der Waals surface area contributed by atoms with Crippen LogP contribution < -0.4 is 10.6 Å². The summed E-state index contributed by atoms with van der Waals surface area (Å²) in [5.41, 5.74) is 2.80. The number of benzene rings is 2. The molecule has 1 saturated heterocycles. The van der Waals surface area contributed by atoms with Crippen molar-refractivity contribution in [3.8, 4) is 5.69 Å². The van der Waals surface area contributed by atoms with Gasteiger partial charge in [-0.1, -0.05) is 42.5 Å². The Morgan fingerprint density at radius 1 is 1.00 bits per heavy atom. The number of carbonyl (C=O) groups excluding carboxylic acids is 1. The van der Waals surface area contributed by atoms with E-state index in [-0.39, 0.29) is 12.1 Å². The molecule has 0 bridgehead atoms. The summed E-state index contributed by atoms with van der Waals surface area (Å²) >= 11 is 0. The second-order valence-corrected chi connectivity index (χ2v) is 6.97. The maximum Gasteiger partial charge on any atom is 0.319 e. The lowest BCUT2D eigenvalue weighted by Gasteiger charge is -2.28. The Hall–Kier alpha value is -3.12. The van der Waals surface area contributed by atoms with Crippen LogP contribution in [0.1, 0.15) is 24.4 Å². The molecule has 0 saturated carbocycles. The number of rotatable bonds is 6. The van der Waals surface area contributed by atoms with Crippen LogP contribution in [0.3, 0.4) is 0 Å². The van der Waals surface area contributed by atoms with Gasteiger partial charge in [-0.2, -0.15) is 5.10 Å². The van der Waals surface area contributed by atoms with Crippen LogP contribution in [0, 0.1) is 0 Å². The van der Waals surface area contributed by atoms with E-state index in [1.165, 1.54) is 18.4 Å². The Morgan fingerprint density at radius 2 is 1.75 bits per heavy atom. The summed E-state index contributed by atoms with van der Waals surface area (Å²) in [4.78, 5) is 15.1. The van der Waals surface area contributed by atoms with Crippen LogP contribution in [0.5, 0.6) is 0 Å². The fraction of sp³-hybridized carbons (Fsp3) is 0.273. The number of likely N-dealkylation sites (tertiary alicyclic amines) is 1. The summed E-state index contributed by atoms with van der Waals surface area (Å²) in [7, 11) is 0. The van der Waals surface area contributed by atoms with Gasteiger partial charge in [0.2, 0.25) is 0 Å². The van der Waals surface area contributed by atoms with E-state index < -0.39 is 0 Å². The molecule has 2 amide bonds. The van der Waals surface area contributed by atoms with Gasteiger partial charge >= 0.3 is 6.03 Å². The van der Waals surface area contributed by atoms with Crippen LogP contribution in [-0.2, 0) is 0 Å². The maximum atomic E-state index is 12.6. The van der Waals surface area contributed by atoms with Gasteiger partial charge in [-0.25, -0.2) is 9.48 Å². The minimum atomic E-state index is -0.209. The lowest BCUT2D eigenvalue weighted by atomic mass is 10.1. The second kappa shape index (κ2) is 8.71. The normalized spacial score (nSPS) is 15.3. The van der Waals surface area contributed by atoms with E-state index in [1.807, 2.05) is 42.6 Å². The molecule has 0 spiro atoms. The Morgan fingerprint density at radius 3 is 2.50 bits per heavy atom. The van der Waals surface area contributed by atoms with Gasteiger partial charge in [0.15, 0.2) is 0 Å². The van der Waals surface area contributed by atoms with Crippen LogP contribution in [-0.4, -0.2) is 40.3 Å². The molecule has 1 aromatic heterocycles. The monoisotopic (exact) mass is 375 g/mol. The highest BCUT2D eigenvalue weighted by molar-refractivity contribution is 5.91. The number of para-hydroxylation sites is 2. The molecule has 1 unspecified atom stereocenters. The third kappa shape index (κ3) is 4.23. The number of aromatic nitrogens is 2. The molecule has 4 rings (SSSR count). The molecule has 2 heterocycles. The van der Waals surface area contributed by atoms with Crippen molar-refractivity contribution in [2.75, 3.05) is 25.0 Å². The SMILES string of the molecule is O=C(NCC(c1ccccc1)N1CCCC1)Nc1ccccc1-n1cccn1. The number of hydrogen-bond donors (Lipinski definition) is 2. The van der Waals surface area contributed by atoms with Crippen LogP contribution in [0.4, 0.5) is 10.5 Å². The number of nitrogens with zero attached hydrogens (tertiary/aromatic N) is 3. The predicted molar refractivity (Wildman–Crippen MR) is 111 cm³/mol. The zero-order valence-corrected chi connectivity index (χ0v) is 15.8. The summed E-state index contributed by atoms with van der Waals surface area (Å²) in [5, 5.41) is 10.3. The standard InChI is InChI=1S/C22H25N5O/c28-22(25-19-11-4-5-12-20(19)27-16-8-13-24-27)23-17-21(26-14-6-7-15-26)18-9-2-1-3-10-18/h1-5,8-13,16,21H,6-7,14-15,17H2,(H2,23,25,28). The Balaban J connectivity index is 1.43. The predicted octanol–water partition coefficient (Wildman–Crippen LogP) is 3.83. The highest BCUT2D eigenvalue weighted by Crippen LogP contribution is 2.24. The first-order chi connectivity index (χ1) is 13.8. The molecule has 1 atom stereocenters. The molecular formula is C22H25N5O. The smallest absolute Gasteiger partial charge is 0.319 e. The van der Waals surface area contributed by atoms with E-state index in [1.54, 1.807) is 10.9 Å². The largest absolute Gasteiger partial charge is 0.336 e. The highest BCUT2D eigenvalue weighted by Gasteiger charge is 2.23. The summed E-state index contributed by atoms with van der Waals surface area (Å²) in [6.07, 6.45) is 6.01. The molecule has 28 heavy (non-hydrogen) atoms. The number of urea groups is 1. The van der Waals surface area contributed by atoms with Crippen molar-refractivity contribution < 1.29 is 4.79 Å². The Kier molecular flexibility index (Phi) is 5.68. The molecule has 3 aromatic rings.